The second-order valence-corrected chi connectivity index (χ2v) is 12.2. The number of fused-ring (bicyclic) bond motifs is 5. The first-order chi connectivity index (χ1) is 19.2. The third-order valence-electron chi connectivity index (χ3n) is 8.98. The molecule has 2 nitrogen and oxygen atoms in total. The number of rotatable bonds is 3. The van der Waals surface area contributed by atoms with Gasteiger partial charge in [0.1, 0.15) is 18.2 Å². The minimum atomic E-state index is -0.472. The summed E-state index contributed by atoms with van der Waals surface area (Å²) in [5, 5.41) is 4.78. The van der Waals surface area contributed by atoms with E-state index in [4.69, 9.17) is 4.42 Å². The number of aromatic nitrogens is 1. The fourth-order valence-corrected chi connectivity index (χ4v) is 6.44. The summed E-state index contributed by atoms with van der Waals surface area (Å²) in [5.74, 6) is -0.472. The highest BCUT2D eigenvalue weighted by atomic mass is 16.3. The number of furan rings is 1. The molecule has 194 valence electrons. The van der Waals surface area contributed by atoms with E-state index in [2.05, 4.69) is 124 Å². The van der Waals surface area contributed by atoms with Crippen molar-refractivity contribution in [3.63, 3.8) is 0 Å². The zero-order valence-corrected chi connectivity index (χ0v) is 23.3. The van der Waals surface area contributed by atoms with Crippen molar-refractivity contribution in [2.45, 2.75) is 52.3 Å². The van der Waals surface area contributed by atoms with Crippen molar-refractivity contribution >= 4 is 32.7 Å². The molecule has 2 heteroatoms. The SMILES string of the molecule is [2H]C1(c2ccc(-c3cc[n+](C)c(-c4c(C)ccc5c4oc4ccc6ccccc6c45)c3)cc2)CCC(C)(C)CC1. The molecule has 1 fully saturated rings. The van der Waals surface area contributed by atoms with Gasteiger partial charge in [0, 0.05) is 24.3 Å². The smallest absolute Gasteiger partial charge is 0.216 e. The molecule has 1 aliphatic rings. The van der Waals surface area contributed by atoms with E-state index in [1.54, 1.807) is 0 Å². The maximum Gasteiger partial charge on any atom is 0.216 e. The molecule has 0 bridgehead atoms. The lowest BCUT2D eigenvalue weighted by atomic mass is 9.71. The Labute approximate surface area is 232 Å². The Kier molecular flexibility index (Phi) is 5.36. The minimum absolute atomic E-state index is 0.356. The van der Waals surface area contributed by atoms with Crippen LogP contribution in [0.1, 0.15) is 57.9 Å². The number of hydrogen-bond acceptors (Lipinski definition) is 1. The Morgan fingerprint density at radius 1 is 0.846 bits per heavy atom. The summed E-state index contributed by atoms with van der Waals surface area (Å²) < 4.78 is 18.0. The predicted octanol–water partition coefficient (Wildman–Crippen LogP) is 9.89. The molecule has 0 amide bonds. The molecule has 7 rings (SSSR count). The van der Waals surface area contributed by atoms with Gasteiger partial charge < -0.3 is 4.42 Å². The van der Waals surface area contributed by atoms with Crippen molar-refractivity contribution in [1.29, 1.82) is 0 Å². The molecule has 2 heterocycles. The first-order valence-corrected chi connectivity index (χ1v) is 14.2. The molecule has 0 radical (unpaired) electrons. The number of benzene rings is 4. The summed E-state index contributed by atoms with van der Waals surface area (Å²) in [4.78, 5) is 0. The average molecular weight is 512 g/mol. The van der Waals surface area contributed by atoms with Crippen LogP contribution in [0.15, 0.2) is 95.5 Å². The Balaban J connectivity index is 1.32. The molecule has 0 saturated heterocycles. The summed E-state index contributed by atoms with van der Waals surface area (Å²) in [6, 6.07) is 30.4. The molecular formula is C37H36NO+. The zero-order chi connectivity index (χ0) is 27.6. The van der Waals surface area contributed by atoms with Gasteiger partial charge in [0.05, 0.1) is 5.56 Å². The average Bonchev–Trinajstić information content (AvgIpc) is 3.35. The van der Waals surface area contributed by atoms with Gasteiger partial charge in [0.15, 0.2) is 6.20 Å². The molecule has 1 saturated carbocycles. The highest BCUT2D eigenvalue weighted by Gasteiger charge is 2.27. The molecule has 2 aromatic heterocycles. The van der Waals surface area contributed by atoms with Crippen molar-refractivity contribution in [2.75, 3.05) is 0 Å². The van der Waals surface area contributed by atoms with Crippen LogP contribution in [0.25, 0.3) is 55.1 Å². The number of hydrogen-bond donors (Lipinski definition) is 0. The normalized spacial score (nSPS) is 17.1. The fraction of sp³-hybridized carbons (Fsp3) is 0.270. The van der Waals surface area contributed by atoms with E-state index in [0.29, 0.717) is 5.41 Å². The largest absolute Gasteiger partial charge is 0.455 e. The van der Waals surface area contributed by atoms with Crippen molar-refractivity contribution in [1.82, 2.24) is 0 Å². The van der Waals surface area contributed by atoms with Crippen LogP contribution in [-0.4, -0.2) is 0 Å². The predicted molar refractivity (Wildman–Crippen MR) is 163 cm³/mol. The Morgan fingerprint density at radius 2 is 1.62 bits per heavy atom. The molecule has 6 aromatic rings. The van der Waals surface area contributed by atoms with Crippen molar-refractivity contribution in [2.24, 2.45) is 12.5 Å². The summed E-state index contributed by atoms with van der Waals surface area (Å²) in [6.07, 6.45) is 6.23. The van der Waals surface area contributed by atoms with Gasteiger partial charge in [0.2, 0.25) is 5.69 Å². The van der Waals surface area contributed by atoms with Gasteiger partial charge in [-0.1, -0.05) is 80.6 Å². The monoisotopic (exact) mass is 511 g/mol. The second kappa shape index (κ2) is 9.09. The number of nitrogens with zero attached hydrogens (tertiary/aromatic N) is 1. The van der Waals surface area contributed by atoms with E-state index < -0.39 is 5.89 Å². The lowest BCUT2D eigenvalue weighted by molar-refractivity contribution is -0.660. The molecular weight excluding hydrogens is 474 g/mol. The van der Waals surface area contributed by atoms with Gasteiger partial charge in [-0.25, -0.2) is 4.57 Å². The van der Waals surface area contributed by atoms with Crippen LogP contribution in [0.4, 0.5) is 0 Å². The molecule has 0 N–H and O–H groups in total. The number of aryl methyl sites for hydroxylation is 2. The van der Waals surface area contributed by atoms with Crippen LogP contribution in [0.2, 0.25) is 0 Å². The second-order valence-electron chi connectivity index (χ2n) is 12.2. The fourth-order valence-electron chi connectivity index (χ4n) is 6.44. The molecule has 1 aliphatic carbocycles. The van der Waals surface area contributed by atoms with Gasteiger partial charge in [-0.3, -0.25) is 0 Å². The van der Waals surface area contributed by atoms with E-state index in [1.165, 1.54) is 32.8 Å². The van der Waals surface area contributed by atoms with E-state index in [1.807, 2.05) is 0 Å². The summed E-state index contributed by atoms with van der Waals surface area (Å²) in [7, 11) is 2.10. The zero-order valence-electron chi connectivity index (χ0n) is 24.3. The highest BCUT2D eigenvalue weighted by Crippen LogP contribution is 2.43. The van der Waals surface area contributed by atoms with E-state index in [-0.39, 0.29) is 0 Å². The van der Waals surface area contributed by atoms with Gasteiger partial charge >= 0.3 is 0 Å². The summed E-state index contributed by atoms with van der Waals surface area (Å²) in [5.41, 5.74) is 9.14. The number of pyridine rings is 1. The van der Waals surface area contributed by atoms with Crippen molar-refractivity contribution in [3.8, 4) is 22.4 Å². The van der Waals surface area contributed by atoms with Gasteiger partial charge in [-0.15, -0.1) is 0 Å². The van der Waals surface area contributed by atoms with Crippen LogP contribution >= 0.6 is 0 Å². The molecule has 4 aromatic carbocycles. The Hall–Kier alpha value is -3.91. The Bertz CT molecular complexity index is 1900. The first-order valence-electron chi connectivity index (χ1n) is 14.7. The maximum absolute atomic E-state index is 9.17. The van der Waals surface area contributed by atoms with Crippen LogP contribution < -0.4 is 4.57 Å². The quantitative estimate of drug-likeness (QED) is 0.216. The van der Waals surface area contributed by atoms with Crippen LogP contribution in [0, 0.1) is 12.3 Å². The molecule has 0 aliphatic heterocycles. The summed E-state index contributed by atoms with van der Waals surface area (Å²) >= 11 is 0. The van der Waals surface area contributed by atoms with E-state index >= 15 is 0 Å². The van der Waals surface area contributed by atoms with Crippen LogP contribution in [0.3, 0.4) is 0 Å². The van der Waals surface area contributed by atoms with Crippen LogP contribution in [-0.2, 0) is 7.05 Å². The van der Waals surface area contributed by atoms with Gasteiger partial charge in [-0.2, -0.15) is 0 Å². The summed E-state index contributed by atoms with van der Waals surface area (Å²) in [6.45, 7) is 6.83. The van der Waals surface area contributed by atoms with E-state index in [0.717, 1.165) is 59.1 Å². The molecule has 0 unspecified atom stereocenters. The molecule has 0 spiro atoms. The third kappa shape index (κ3) is 4.14. The van der Waals surface area contributed by atoms with E-state index in [9.17, 15) is 1.37 Å². The standard InChI is InChI=1S/C37H36NO/c1-24-9-15-31-35-30-8-6-5-7-28(30)14-16-33(35)39-36(31)34(24)32-23-29(19-22-38(32)4)26-12-10-25(11-13-26)27-17-20-37(2,3)21-18-27/h5-16,19,22-23,27H,17-18,20-21H2,1-4H3/q+1/i27D. The minimum Gasteiger partial charge on any atom is -0.455 e. The topological polar surface area (TPSA) is 17.0 Å². The highest BCUT2D eigenvalue weighted by molar-refractivity contribution is 6.20. The first kappa shape index (κ1) is 23.0. The van der Waals surface area contributed by atoms with Crippen molar-refractivity contribution in [3.05, 3.63) is 102 Å². The third-order valence-corrected chi connectivity index (χ3v) is 8.98. The van der Waals surface area contributed by atoms with Gasteiger partial charge in [0.25, 0.3) is 0 Å². The Morgan fingerprint density at radius 3 is 2.41 bits per heavy atom. The molecule has 39 heavy (non-hydrogen) atoms. The lowest BCUT2D eigenvalue weighted by Crippen LogP contribution is -2.30. The molecule has 0 atom stereocenters. The van der Waals surface area contributed by atoms with Crippen molar-refractivity contribution < 1.29 is 10.4 Å². The van der Waals surface area contributed by atoms with Gasteiger partial charge in [-0.05, 0) is 83.0 Å². The maximum atomic E-state index is 9.17. The van der Waals surface area contributed by atoms with Crippen LogP contribution in [0.5, 0.6) is 0 Å². The lowest BCUT2D eigenvalue weighted by Gasteiger charge is -2.34.